The van der Waals surface area contributed by atoms with Gasteiger partial charge in [-0.25, -0.2) is 4.98 Å². The van der Waals surface area contributed by atoms with Crippen molar-refractivity contribution in [1.29, 1.82) is 0 Å². The monoisotopic (exact) mass is 234 g/mol. The van der Waals surface area contributed by atoms with E-state index in [-0.39, 0.29) is 11.9 Å². The van der Waals surface area contributed by atoms with Gasteiger partial charge in [0.15, 0.2) is 0 Å². The van der Waals surface area contributed by atoms with Crippen LogP contribution in [0.5, 0.6) is 5.88 Å². The highest BCUT2D eigenvalue weighted by Crippen LogP contribution is 2.23. The Kier molecular flexibility index (Phi) is 4.12. The summed E-state index contributed by atoms with van der Waals surface area (Å²) in [5.41, 5.74) is 6.23. The largest absolute Gasteiger partial charge is 0.477 e. The Balaban J connectivity index is 2.60. The van der Waals surface area contributed by atoms with Crippen molar-refractivity contribution in [3.05, 3.63) is 23.9 Å². The van der Waals surface area contributed by atoms with Gasteiger partial charge in [0.05, 0.1) is 13.0 Å². The maximum Gasteiger partial charge on any atom is 0.392 e. The molecule has 90 valence electrons. The van der Waals surface area contributed by atoms with Gasteiger partial charge in [0.1, 0.15) is 0 Å². The summed E-state index contributed by atoms with van der Waals surface area (Å²) in [6, 6.07) is 3.02. The van der Waals surface area contributed by atoms with Crippen molar-refractivity contribution in [3.63, 3.8) is 0 Å². The summed E-state index contributed by atoms with van der Waals surface area (Å²) in [7, 11) is 0. The predicted molar refractivity (Wildman–Crippen MR) is 53.0 cm³/mol. The molecule has 0 bridgehead atoms. The van der Waals surface area contributed by atoms with E-state index in [4.69, 9.17) is 10.5 Å². The fourth-order valence-corrected chi connectivity index (χ4v) is 1.13. The molecule has 1 aromatic heterocycles. The third kappa shape index (κ3) is 4.06. The molecule has 0 aliphatic rings. The van der Waals surface area contributed by atoms with Crippen LogP contribution in [0.4, 0.5) is 13.2 Å². The third-order valence-electron chi connectivity index (χ3n) is 1.92. The second kappa shape index (κ2) is 5.16. The van der Waals surface area contributed by atoms with Gasteiger partial charge in [-0.3, -0.25) is 0 Å². The maximum absolute atomic E-state index is 11.9. The van der Waals surface area contributed by atoms with Crippen molar-refractivity contribution in [3.8, 4) is 5.88 Å². The summed E-state index contributed by atoms with van der Waals surface area (Å²) in [6.45, 7) is 1.27. The average Bonchev–Trinajstić information content (AvgIpc) is 2.16. The second-order valence-corrected chi connectivity index (χ2v) is 3.40. The molecule has 6 heteroatoms. The van der Waals surface area contributed by atoms with E-state index in [9.17, 15) is 13.2 Å². The smallest absolute Gasteiger partial charge is 0.392 e. The van der Waals surface area contributed by atoms with Crippen LogP contribution in [0.3, 0.4) is 0 Å². The molecular formula is C10H13F3N2O. The second-order valence-electron chi connectivity index (χ2n) is 3.40. The quantitative estimate of drug-likeness (QED) is 0.870. The van der Waals surface area contributed by atoms with E-state index >= 15 is 0 Å². The lowest BCUT2D eigenvalue weighted by Crippen LogP contribution is -2.15. The molecule has 0 unspecified atom stereocenters. The van der Waals surface area contributed by atoms with Crippen molar-refractivity contribution in [2.24, 2.45) is 5.73 Å². The Morgan fingerprint density at radius 1 is 1.50 bits per heavy atom. The minimum atomic E-state index is -4.22. The summed E-state index contributed by atoms with van der Waals surface area (Å²) >= 11 is 0. The fourth-order valence-electron chi connectivity index (χ4n) is 1.13. The summed E-state index contributed by atoms with van der Waals surface area (Å²) < 4.78 is 40.6. The summed E-state index contributed by atoms with van der Waals surface area (Å²) in [6.07, 6.45) is -3.76. The molecule has 0 aliphatic heterocycles. The van der Waals surface area contributed by atoms with Gasteiger partial charge >= 0.3 is 6.18 Å². The van der Waals surface area contributed by atoms with E-state index in [1.54, 1.807) is 19.1 Å². The molecule has 0 saturated carbocycles. The van der Waals surface area contributed by atoms with Crippen LogP contribution in [0.2, 0.25) is 0 Å². The molecular weight excluding hydrogens is 221 g/mol. The van der Waals surface area contributed by atoms with E-state index in [2.05, 4.69) is 4.98 Å². The highest BCUT2D eigenvalue weighted by molar-refractivity contribution is 5.28. The zero-order valence-electron chi connectivity index (χ0n) is 8.79. The van der Waals surface area contributed by atoms with Gasteiger partial charge in [0.25, 0.3) is 0 Å². The molecule has 2 N–H and O–H groups in total. The van der Waals surface area contributed by atoms with Gasteiger partial charge in [0, 0.05) is 17.8 Å². The van der Waals surface area contributed by atoms with Gasteiger partial charge in [0.2, 0.25) is 5.88 Å². The highest BCUT2D eigenvalue weighted by atomic mass is 19.4. The van der Waals surface area contributed by atoms with E-state index in [0.717, 1.165) is 0 Å². The van der Waals surface area contributed by atoms with Crippen molar-refractivity contribution >= 4 is 0 Å². The average molecular weight is 234 g/mol. The van der Waals surface area contributed by atoms with Gasteiger partial charge in [-0.05, 0) is 13.0 Å². The highest BCUT2D eigenvalue weighted by Gasteiger charge is 2.27. The van der Waals surface area contributed by atoms with Crippen LogP contribution in [-0.4, -0.2) is 17.8 Å². The molecule has 1 atom stereocenters. The standard InChI is InChI=1S/C10H13F3N2O/c1-7(14)8-3-2-5-15-9(8)16-6-4-10(11,12)13/h2-3,5,7H,4,6,14H2,1H3/t7-/m1/s1. The number of pyridine rings is 1. The maximum atomic E-state index is 11.9. The summed E-state index contributed by atoms with van der Waals surface area (Å²) in [4.78, 5) is 3.85. The first-order valence-corrected chi connectivity index (χ1v) is 4.80. The van der Waals surface area contributed by atoms with Crippen molar-refractivity contribution < 1.29 is 17.9 Å². The molecule has 16 heavy (non-hydrogen) atoms. The number of alkyl halides is 3. The number of ether oxygens (including phenoxy) is 1. The van der Waals surface area contributed by atoms with Crippen molar-refractivity contribution in [1.82, 2.24) is 4.98 Å². The van der Waals surface area contributed by atoms with Gasteiger partial charge in [-0.2, -0.15) is 13.2 Å². The van der Waals surface area contributed by atoms with E-state index < -0.39 is 19.2 Å². The molecule has 0 aliphatic carbocycles. The first kappa shape index (κ1) is 12.8. The minimum absolute atomic E-state index is 0.168. The number of hydrogen-bond acceptors (Lipinski definition) is 3. The number of halogens is 3. The number of hydrogen-bond donors (Lipinski definition) is 1. The lowest BCUT2D eigenvalue weighted by molar-refractivity contribution is -0.139. The first-order valence-electron chi connectivity index (χ1n) is 4.80. The lowest BCUT2D eigenvalue weighted by Gasteiger charge is -2.13. The van der Waals surface area contributed by atoms with Crippen LogP contribution in [0.15, 0.2) is 18.3 Å². The Morgan fingerprint density at radius 2 is 2.19 bits per heavy atom. The number of rotatable bonds is 4. The molecule has 1 aromatic rings. The SMILES string of the molecule is C[C@@H](N)c1cccnc1OCCC(F)(F)F. The zero-order chi connectivity index (χ0) is 12.2. The van der Waals surface area contributed by atoms with Crippen molar-refractivity contribution in [2.75, 3.05) is 6.61 Å². The number of nitrogens with zero attached hydrogens (tertiary/aromatic N) is 1. The fraction of sp³-hybridized carbons (Fsp3) is 0.500. The molecule has 0 saturated heterocycles. The summed E-state index contributed by atoms with van der Waals surface area (Å²) in [5, 5.41) is 0. The zero-order valence-corrected chi connectivity index (χ0v) is 8.79. The lowest BCUT2D eigenvalue weighted by atomic mass is 10.1. The molecule has 1 rings (SSSR count). The normalized spacial score (nSPS) is 13.6. The molecule has 0 aromatic carbocycles. The molecule has 0 radical (unpaired) electrons. The number of aromatic nitrogens is 1. The minimum Gasteiger partial charge on any atom is -0.477 e. The van der Waals surface area contributed by atoms with Crippen LogP contribution in [0.1, 0.15) is 24.9 Å². The Hall–Kier alpha value is -1.30. The Morgan fingerprint density at radius 3 is 2.75 bits per heavy atom. The van der Waals surface area contributed by atoms with Crippen LogP contribution < -0.4 is 10.5 Å². The van der Waals surface area contributed by atoms with E-state index in [1.165, 1.54) is 6.20 Å². The van der Waals surface area contributed by atoms with Crippen LogP contribution in [0.25, 0.3) is 0 Å². The molecule has 0 fully saturated rings. The van der Waals surface area contributed by atoms with E-state index in [0.29, 0.717) is 5.56 Å². The topological polar surface area (TPSA) is 48.1 Å². The van der Waals surface area contributed by atoms with Gasteiger partial charge < -0.3 is 10.5 Å². The van der Waals surface area contributed by atoms with Crippen LogP contribution in [0, 0.1) is 0 Å². The Labute approximate surface area is 91.4 Å². The molecule has 0 amide bonds. The first-order chi connectivity index (χ1) is 7.40. The molecule has 3 nitrogen and oxygen atoms in total. The molecule has 1 heterocycles. The number of nitrogens with two attached hydrogens (primary N) is 1. The van der Waals surface area contributed by atoms with Crippen LogP contribution in [-0.2, 0) is 0 Å². The van der Waals surface area contributed by atoms with Crippen molar-refractivity contribution in [2.45, 2.75) is 25.6 Å². The van der Waals surface area contributed by atoms with Gasteiger partial charge in [-0.1, -0.05) is 6.07 Å². The summed E-state index contributed by atoms with van der Waals surface area (Å²) in [5.74, 6) is 0.168. The Bertz CT molecular complexity index is 339. The van der Waals surface area contributed by atoms with Gasteiger partial charge in [-0.15, -0.1) is 0 Å². The predicted octanol–water partition coefficient (Wildman–Crippen LogP) is 2.43. The third-order valence-corrected chi connectivity index (χ3v) is 1.92. The van der Waals surface area contributed by atoms with Crippen LogP contribution >= 0.6 is 0 Å². The van der Waals surface area contributed by atoms with E-state index in [1.807, 2.05) is 0 Å². The molecule has 0 spiro atoms.